The summed E-state index contributed by atoms with van der Waals surface area (Å²) in [6.07, 6.45) is 0.796. The van der Waals surface area contributed by atoms with Crippen LogP contribution >= 0.6 is 0 Å². The van der Waals surface area contributed by atoms with Gasteiger partial charge in [-0.3, -0.25) is 4.90 Å². The van der Waals surface area contributed by atoms with Crippen molar-refractivity contribution >= 4 is 17.4 Å². The van der Waals surface area contributed by atoms with E-state index in [9.17, 15) is 9.90 Å². The number of urea groups is 1. The Morgan fingerprint density at radius 2 is 2.00 bits per heavy atom. The minimum absolute atomic E-state index is 0.00431. The first-order valence-corrected chi connectivity index (χ1v) is 7.93. The van der Waals surface area contributed by atoms with Crippen LogP contribution in [-0.4, -0.2) is 29.1 Å². The van der Waals surface area contributed by atoms with Crippen LogP contribution in [0.5, 0.6) is 5.75 Å². The Labute approximate surface area is 142 Å². The largest absolute Gasteiger partial charge is 0.506 e. The summed E-state index contributed by atoms with van der Waals surface area (Å²) in [4.78, 5) is 13.3. The van der Waals surface area contributed by atoms with Gasteiger partial charge in [0, 0.05) is 18.8 Å². The van der Waals surface area contributed by atoms with Crippen LogP contribution in [0.1, 0.15) is 18.1 Å². The molecule has 0 aliphatic carbocycles. The van der Waals surface area contributed by atoms with Gasteiger partial charge in [0.15, 0.2) is 0 Å². The fraction of sp³-hybridized carbons (Fsp3) is 0.278. The monoisotopic (exact) mass is 328 g/mol. The maximum Gasteiger partial charge on any atom is 0.316 e. The zero-order valence-corrected chi connectivity index (χ0v) is 13.8. The summed E-state index contributed by atoms with van der Waals surface area (Å²) in [5, 5.41) is 12.2. The molecular formula is C18H24N4O2. The smallest absolute Gasteiger partial charge is 0.316 e. The molecule has 24 heavy (non-hydrogen) atoms. The normalized spacial score (nSPS) is 10.8. The minimum Gasteiger partial charge on any atom is -0.506 e. The lowest BCUT2D eigenvalue weighted by Crippen LogP contribution is -2.25. The van der Waals surface area contributed by atoms with Crippen molar-refractivity contribution in [2.75, 3.05) is 24.1 Å². The predicted molar refractivity (Wildman–Crippen MR) is 96.8 cm³/mol. The van der Waals surface area contributed by atoms with Gasteiger partial charge in [-0.25, -0.2) is 4.79 Å². The second kappa shape index (κ2) is 8.21. The van der Waals surface area contributed by atoms with Crippen molar-refractivity contribution < 1.29 is 9.90 Å². The lowest BCUT2D eigenvalue weighted by molar-refractivity contribution is 0.259. The number of rotatable bonds is 7. The van der Waals surface area contributed by atoms with E-state index in [4.69, 9.17) is 11.5 Å². The zero-order valence-electron chi connectivity index (χ0n) is 13.8. The molecule has 0 spiro atoms. The Morgan fingerprint density at radius 3 is 2.67 bits per heavy atom. The highest BCUT2D eigenvalue weighted by atomic mass is 16.3. The van der Waals surface area contributed by atoms with E-state index in [0.717, 1.165) is 37.3 Å². The molecule has 0 radical (unpaired) electrons. The third-order valence-electron chi connectivity index (χ3n) is 3.84. The minimum atomic E-state index is -0.695. The fourth-order valence-corrected chi connectivity index (χ4v) is 2.56. The number of nitrogens with two attached hydrogens (primary N) is 2. The van der Waals surface area contributed by atoms with E-state index in [-0.39, 0.29) is 5.75 Å². The number of phenolic OH excluding ortho intramolecular Hbond substituents is 1. The maximum atomic E-state index is 11.0. The molecule has 2 amide bonds. The average Bonchev–Trinajstić information content (AvgIpc) is 2.53. The van der Waals surface area contributed by atoms with E-state index in [2.05, 4.69) is 23.2 Å². The predicted octanol–water partition coefficient (Wildman–Crippen LogP) is 2.53. The number of hydrogen-bond acceptors (Lipinski definition) is 4. The number of amides is 2. The Morgan fingerprint density at radius 1 is 1.21 bits per heavy atom. The van der Waals surface area contributed by atoms with Crippen LogP contribution in [0.15, 0.2) is 42.5 Å². The van der Waals surface area contributed by atoms with Gasteiger partial charge in [-0.05, 0) is 48.4 Å². The molecule has 0 unspecified atom stereocenters. The van der Waals surface area contributed by atoms with Gasteiger partial charge >= 0.3 is 6.03 Å². The van der Waals surface area contributed by atoms with Gasteiger partial charge in [0.1, 0.15) is 5.75 Å². The molecule has 0 fully saturated rings. The maximum absolute atomic E-state index is 11.0. The molecule has 2 aromatic carbocycles. The van der Waals surface area contributed by atoms with Gasteiger partial charge < -0.3 is 21.9 Å². The Balaban J connectivity index is 1.98. The summed E-state index contributed by atoms with van der Waals surface area (Å²) in [7, 11) is 0. The number of carbonyl (C=O) groups is 1. The Kier molecular flexibility index (Phi) is 6.03. The number of primary amides is 1. The van der Waals surface area contributed by atoms with Crippen LogP contribution < -0.4 is 16.8 Å². The molecule has 0 saturated heterocycles. The van der Waals surface area contributed by atoms with Crippen LogP contribution in [-0.2, 0) is 13.0 Å². The third-order valence-corrected chi connectivity index (χ3v) is 3.84. The molecule has 0 heterocycles. The summed E-state index contributed by atoms with van der Waals surface area (Å²) in [6, 6.07) is 12.3. The first-order chi connectivity index (χ1) is 11.5. The molecule has 6 nitrogen and oxygen atoms in total. The van der Waals surface area contributed by atoms with E-state index in [1.165, 1.54) is 5.56 Å². The molecule has 0 aliphatic rings. The van der Waals surface area contributed by atoms with Crippen LogP contribution in [0.4, 0.5) is 16.2 Å². The molecule has 128 valence electrons. The summed E-state index contributed by atoms with van der Waals surface area (Å²) >= 11 is 0. The summed E-state index contributed by atoms with van der Waals surface area (Å²) in [6.45, 7) is 4.71. The van der Waals surface area contributed by atoms with E-state index >= 15 is 0 Å². The second-order valence-corrected chi connectivity index (χ2v) is 5.70. The first-order valence-electron chi connectivity index (χ1n) is 7.93. The summed E-state index contributed by atoms with van der Waals surface area (Å²) in [5.74, 6) is 0.00431. The topological polar surface area (TPSA) is 105 Å². The number of nitrogen functional groups attached to an aromatic ring is 1. The number of benzene rings is 2. The number of carbonyl (C=O) groups excluding carboxylic acids is 1. The van der Waals surface area contributed by atoms with E-state index in [0.29, 0.717) is 5.69 Å². The van der Waals surface area contributed by atoms with Gasteiger partial charge in [0.25, 0.3) is 0 Å². The molecular weight excluding hydrogens is 304 g/mol. The zero-order chi connectivity index (χ0) is 17.5. The Bertz CT molecular complexity index is 703. The standard InChI is InChI=1S/C18H24N4O2/c1-2-22(12-14-4-3-5-15(19)10-14)9-8-13-6-7-17(23)16(11-13)21-18(20)24/h3-7,10-11,23H,2,8-9,12,19H2,1H3,(H3,20,21,24). The molecule has 2 aromatic rings. The number of likely N-dealkylation sites (N-methyl/N-ethyl adjacent to an activating group) is 1. The van der Waals surface area contributed by atoms with Crippen molar-refractivity contribution in [1.29, 1.82) is 0 Å². The number of phenols is 1. The summed E-state index contributed by atoms with van der Waals surface area (Å²) < 4.78 is 0. The molecule has 6 heteroatoms. The van der Waals surface area contributed by atoms with Crippen molar-refractivity contribution in [3.05, 3.63) is 53.6 Å². The lowest BCUT2D eigenvalue weighted by atomic mass is 10.1. The quantitative estimate of drug-likeness (QED) is 0.463. The van der Waals surface area contributed by atoms with E-state index in [1.807, 2.05) is 24.3 Å². The average molecular weight is 328 g/mol. The van der Waals surface area contributed by atoms with Gasteiger partial charge in [-0.2, -0.15) is 0 Å². The van der Waals surface area contributed by atoms with Crippen LogP contribution in [0.25, 0.3) is 0 Å². The number of hydrogen-bond donors (Lipinski definition) is 4. The first kappa shape index (κ1) is 17.6. The molecule has 0 atom stereocenters. The highest BCUT2D eigenvalue weighted by Gasteiger charge is 2.08. The molecule has 0 aliphatic heterocycles. The van der Waals surface area contributed by atoms with Crippen molar-refractivity contribution in [3.63, 3.8) is 0 Å². The highest BCUT2D eigenvalue weighted by Crippen LogP contribution is 2.24. The second-order valence-electron chi connectivity index (χ2n) is 5.70. The number of nitrogens with one attached hydrogen (secondary N) is 1. The van der Waals surface area contributed by atoms with Crippen LogP contribution in [0.2, 0.25) is 0 Å². The molecule has 6 N–H and O–H groups in total. The number of anilines is 2. The SMILES string of the molecule is CCN(CCc1ccc(O)c(NC(N)=O)c1)Cc1cccc(N)c1. The van der Waals surface area contributed by atoms with Crippen LogP contribution in [0.3, 0.4) is 0 Å². The van der Waals surface area contributed by atoms with Gasteiger partial charge in [0.05, 0.1) is 5.69 Å². The van der Waals surface area contributed by atoms with Gasteiger partial charge in [0.2, 0.25) is 0 Å². The molecule has 0 bridgehead atoms. The fourth-order valence-electron chi connectivity index (χ4n) is 2.56. The molecule has 0 saturated carbocycles. The van der Waals surface area contributed by atoms with Gasteiger partial charge in [-0.15, -0.1) is 0 Å². The van der Waals surface area contributed by atoms with Crippen LogP contribution in [0, 0.1) is 0 Å². The lowest BCUT2D eigenvalue weighted by Gasteiger charge is -2.21. The highest BCUT2D eigenvalue weighted by molar-refractivity contribution is 5.89. The van der Waals surface area contributed by atoms with Crippen molar-refractivity contribution in [2.24, 2.45) is 5.73 Å². The Hall–Kier alpha value is -2.73. The number of aromatic hydroxyl groups is 1. The molecule has 0 aromatic heterocycles. The third kappa shape index (κ3) is 5.17. The van der Waals surface area contributed by atoms with Crippen molar-refractivity contribution in [1.82, 2.24) is 4.90 Å². The summed E-state index contributed by atoms with van der Waals surface area (Å²) in [5.41, 5.74) is 14.2. The van der Waals surface area contributed by atoms with Gasteiger partial charge in [-0.1, -0.05) is 25.1 Å². The van der Waals surface area contributed by atoms with Crippen molar-refractivity contribution in [2.45, 2.75) is 19.9 Å². The number of nitrogens with zero attached hydrogens (tertiary/aromatic N) is 1. The van der Waals surface area contributed by atoms with E-state index in [1.54, 1.807) is 12.1 Å². The molecule has 2 rings (SSSR count). The van der Waals surface area contributed by atoms with E-state index < -0.39 is 6.03 Å². The van der Waals surface area contributed by atoms with Crippen molar-refractivity contribution in [3.8, 4) is 5.75 Å².